The molecule has 2 rings (SSSR count). The highest BCUT2D eigenvalue weighted by Gasteiger charge is 2.10. The number of esters is 1. The van der Waals surface area contributed by atoms with Gasteiger partial charge in [0.1, 0.15) is 5.75 Å². The van der Waals surface area contributed by atoms with Crippen molar-refractivity contribution in [3.05, 3.63) is 59.7 Å². The first-order chi connectivity index (χ1) is 13.5. The van der Waals surface area contributed by atoms with Crippen molar-refractivity contribution in [1.29, 1.82) is 0 Å². The van der Waals surface area contributed by atoms with Gasteiger partial charge in [-0.3, -0.25) is 4.79 Å². The first-order valence-electron chi connectivity index (χ1n) is 9.85. The quantitative estimate of drug-likeness (QED) is 0.437. The van der Waals surface area contributed by atoms with Crippen molar-refractivity contribution in [2.75, 3.05) is 11.9 Å². The lowest BCUT2D eigenvalue weighted by molar-refractivity contribution is 0.0378. The molecule has 0 bridgehead atoms. The highest BCUT2D eigenvalue weighted by atomic mass is 16.5. The zero-order valence-corrected chi connectivity index (χ0v) is 16.9. The molecule has 0 unspecified atom stereocenters. The van der Waals surface area contributed by atoms with Gasteiger partial charge in [-0.2, -0.15) is 0 Å². The Labute approximate surface area is 167 Å². The van der Waals surface area contributed by atoms with Crippen molar-refractivity contribution in [2.24, 2.45) is 0 Å². The van der Waals surface area contributed by atoms with E-state index >= 15 is 0 Å². The smallest absolute Gasteiger partial charge is 0.338 e. The molecule has 150 valence electrons. The summed E-state index contributed by atoms with van der Waals surface area (Å²) in [5.74, 6) is 0.172. The largest absolute Gasteiger partial charge is 0.494 e. The highest BCUT2D eigenvalue weighted by molar-refractivity contribution is 6.04. The number of nitrogens with one attached hydrogen (secondary N) is 1. The summed E-state index contributed by atoms with van der Waals surface area (Å²) in [7, 11) is 0. The van der Waals surface area contributed by atoms with E-state index in [0.29, 0.717) is 23.4 Å². The Bertz CT molecular complexity index is 751. The minimum Gasteiger partial charge on any atom is -0.494 e. The number of hydrogen-bond acceptors (Lipinski definition) is 4. The second-order valence-electron chi connectivity index (χ2n) is 6.92. The lowest BCUT2D eigenvalue weighted by Gasteiger charge is -2.10. The third-order valence-electron chi connectivity index (χ3n) is 4.10. The average molecular weight is 383 g/mol. The van der Waals surface area contributed by atoms with E-state index in [1.165, 1.54) is 19.3 Å². The van der Waals surface area contributed by atoms with Crippen LogP contribution < -0.4 is 10.1 Å². The molecular weight excluding hydrogens is 354 g/mol. The van der Waals surface area contributed by atoms with Crippen LogP contribution in [-0.4, -0.2) is 24.6 Å². The predicted molar refractivity (Wildman–Crippen MR) is 111 cm³/mol. The van der Waals surface area contributed by atoms with Gasteiger partial charge in [-0.05, 0) is 68.8 Å². The summed E-state index contributed by atoms with van der Waals surface area (Å²) >= 11 is 0. The van der Waals surface area contributed by atoms with E-state index in [1.807, 2.05) is 0 Å². The van der Waals surface area contributed by atoms with Gasteiger partial charge >= 0.3 is 5.97 Å². The third-order valence-corrected chi connectivity index (χ3v) is 4.10. The molecule has 2 aromatic rings. The first-order valence-corrected chi connectivity index (χ1v) is 9.85. The van der Waals surface area contributed by atoms with Crippen molar-refractivity contribution in [3.63, 3.8) is 0 Å². The SMILES string of the molecule is CCCCCCOc1ccc(C(=O)Nc2ccc(C(=O)OC(C)C)cc2)cc1. The average Bonchev–Trinajstić information content (AvgIpc) is 2.68. The number of rotatable bonds is 10. The molecular formula is C23H29NO4. The van der Waals surface area contributed by atoms with E-state index in [1.54, 1.807) is 62.4 Å². The Hall–Kier alpha value is -2.82. The van der Waals surface area contributed by atoms with Crippen molar-refractivity contribution in [1.82, 2.24) is 0 Å². The molecule has 2 aromatic carbocycles. The van der Waals surface area contributed by atoms with Crippen molar-refractivity contribution in [3.8, 4) is 5.75 Å². The lowest BCUT2D eigenvalue weighted by atomic mass is 10.1. The van der Waals surface area contributed by atoms with Crippen LogP contribution in [0.2, 0.25) is 0 Å². The molecule has 0 aromatic heterocycles. The Morgan fingerprint density at radius 3 is 2.14 bits per heavy atom. The van der Waals surface area contributed by atoms with Gasteiger partial charge in [0, 0.05) is 11.3 Å². The number of carbonyl (C=O) groups is 2. The number of carbonyl (C=O) groups excluding carboxylic acids is 2. The summed E-state index contributed by atoms with van der Waals surface area (Å²) < 4.78 is 10.8. The Kier molecular flexibility index (Phi) is 8.53. The van der Waals surface area contributed by atoms with E-state index in [4.69, 9.17) is 9.47 Å². The van der Waals surface area contributed by atoms with Gasteiger partial charge in [0.25, 0.3) is 5.91 Å². The number of hydrogen-bond donors (Lipinski definition) is 1. The van der Waals surface area contributed by atoms with E-state index in [-0.39, 0.29) is 18.0 Å². The second-order valence-corrected chi connectivity index (χ2v) is 6.92. The number of amides is 1. The summed E-state index contributed by atoms with van der Waals surface area (Å²) in [6.45, 7) is 6.47. The monoisotopic (exact) mass is 383 g/mol. The van der Waals surface area contributed by atoms with Crippen molar-refractivity contribution >= 4 is 17.6 Å². The highest BCUT2D eigenvalue weighted by Crippen LogP contribution is 2.16. The summed E-state index contributed by atoms with van der Waals surface area (Å²) in [4.78, 5) is 24.2. The number of unbranched alkanes of at least 4 members (excludes halogenated alkanes) is 3. The van der Waals surface area contributed by atoms with Crippen LogP contribution in [0.4, 0.5) is 5.69 Å². The summed E-state index contributed by atoms with van der Waals surface area (Å²) in [5.41, 5.74) is 1.61. The maximum Gasteiger partial charge on any atom is 0.338 e. The van der Waals surface area contributed by atoms with E-state index in [9.17, 15) is 9.59 Å². The molecule has 0 spiro atoms. The van der Waals surface area contributed by atoms with Crippen LogP contribution in [0.1, 0.15) is 67.2 Å². The van der Waals surface area contributed by atoms with Crippen LogP contribution in [0.5, 0.6) is 5.75 Å². The molecule has 0 atom stereocenters. The first kappa shape index (κ1) is 21.5. The van der Waals surface area contributed by atoms with Crippen LogP contribution >= 0.6 is 0 Å². The number of anilines is 1. The van der Waals surface area contributed by atoms with Crippen LogP contribution in [0.15, 0.2) is 48.5 Å². The molecule has 5 heteroatoms. The Balaban J connectivity index is 1.86. The van der Waals surface area contributed by atoms with Gasteiger partial charge in [0.15, 0.2) is 0 Å². The number of ether oxygens (including phenoxy) is 2. The Morgan fingerprint density at radius 1 is 0.893 bits per heavy atom. The van der Waals surface area contributed by atoms with E-state index < -0.39 is 0 Å². The van der Waals surface area contributed by atoms with Crippen LogP contribution in [0, 0.1) is 0 Å². The third kappa shape index (κ3) is 7.06. The molecule has 0 saturated heterocycles. The van der Waals surface area contributed by atoms with Gasteiger partial charge in [-0.1, -0.05) is 26.2 Å². The van der Waals surface area contributed by atoms with Crippen molar-refractivity contribution in [2.45, 2.75) is 52.6 Å². The van der Waals surface area contributed by atoms with Gasteiger partial charge in [0.05, 0.1) is 18.3 Å². The van der Waals surface area contributed by atoms with Gasteiger partial charge in [0.2, 0.25) is 0 Å². The van der Waals surface area contributed by atoms with Gasteiger partial charge < -0.3 is 14.8 Å². The zero-order chi connectivity index (χ0) is 20.4. The van der Waals surface area contributed by atoms with Crippen LogP contribution in [0.25, 0.3) is 0 Å². The molecule has 0 aliphatic carbocycles. The molecule has 28 heavy (non-hydrogen) atoms. The summed E-state index contributed by atoms with van der Waals surface area (Å²) in [6, 6.07) is 13.7. The molecule has 1 N–H and O–H groups in total. The molecule has 0 heterocycles. The number of benzene rings is 2. The van der Waals surface area contributed by atoms with E-state index in [0.717, 1.165) is 12.2 Å². The maximum atomic E-state index is 12.4. The Morgan fingerprint density at radius 2 is 1.54 bits per heavy atom. The molecule has 5 nitrogen and oxygen atoms in total. The fourth-order valence-electron chi connectivity index (χ4n) is 2.60. The molecule has 1 amide bonds. The predicted octanol–water partition coefficient (Wildman–Crippen LogP) is 5.46. The fraction of sp³-hybridized carbons (Fsp3) is 0.391. The molecule has 0 fully saturated rings. The lowest BCUT2D eigenvalue weighted by Crippen LogP contribution is -2.13. The van der Waals surface area contributed by atoms with Crippen LogP contribution in [-0.2, 0) is 4.74 Å². The van der Waals surface area contributed by atoms with Crippen LogP contribution in [0.3, 0.4) is 0 Å². The topological polar surface area (TPSA) is 64.6 Å². The minimum atomic E-state index is -0.377. The van der Waals surface area contributed by atoms with Gasteiger partial charge in [-0.25, -0.2) is 4.79 Å². The standard InChI is InChI=1S/C23H29NO4/c1-4-5-6-7-16-27-21-14-10-18(11-15-21)22(25)24-20-12-8-19(9-13-20)23(26)28-17(2)3/h8-15,17H,4-7,16H2,1-3H3,(H,24,25). The van der Waals surface area contributed by atoms with Crippen molar-refractivity contribution < 1.29 is 19.1 Å². The summed E-state index contributed by atoms with van der Waals surface area (Å²) in [6.07, 6.45) is 4.47. The van der Waals surface area contributed by atoms with E-state index in [2.05, 4.69) is 12.2 Å². The fourth-order valence-corrected chi connectivity index (χ4v) is 2.60. The zero-order valence-electron chi connectivity index (χ0n) is 16.9. The molecule has 0 saturated carbocycles. The van der Waals surface area contributed by atoms with Gasteiger partial charge in [-0.15, -0.1) is 0 Å². The molecule has 0 radical (unpaired) electrons. The second kappa shape index (κ2) is 11.1. The molecule has 0 aliphatic heterocycles. The minimum absolute atomic E-state index is 0.171. The normalized spacial score (nSPS) is 10.6. The maximum absolute atomic E-state index is 12.4. The molecule has 0 aliphatic rings. The summed E-state index contributed by atoms with van der Waals surface area (Å²) in [5, 5.41) is 2.82.